The van der Waals surface area contributed by atoms with Gasteiger partial charge < -0.3 is 20.1 Å². The first-order chi connectivity index (χ1) is 12.2. The molecule has 2 saturated carbocycles. The highest BCUT2D eigenvalue weighted by atomic mass is 16.5. The first-order valence-electron chi connectivity index (χ1n) is 9.51. The molecular formula is C20H31N3O2. The van der Waals surface area contributed by atoms with Gasteiger partial charge in [-0.15, -0.1) is 0 Å². The van der Waals surface area contributed by atoms with Crippen LogP contribution in [0.4, 0.5) is 0 Å². The number of hydrogen-bond acceptors (Lipinski definition) is 3. The van der Waals surface area contributed by atoms with Crippen molar-refractivity contribution in [1.29, 1.82) is 0 Å². The van der Waals surface area contributed by atoms with Gasteiger partial charge >= 0.3 is 0 Å². The molecule has 0 bridgehead atoms. The van der Waals surface area contributed by atoms with E-state index in [4.69, 9.17) is 14.5 Å². The van der Waals surface area contributed by atoms with E-state index in [2.05, 4.69) is 30.5 Å². The van der Waals surface area contributed by atoms with Crippen LogP contribution in [0.2, 0.25) is 0 Å². The van der Waals surface area contributed by atoms with Crippen LogP contribution in [-0.4, -0.2) is 38.4 Å². The molecular weight excluding hydrogens is 314 g/mol. The minimum Gasteiger partial charge on any atom is -0.496 e. The Labute approximate surface area is 151 Å². The van der Waals surface area contributed by atoms with Gasteiger partial charge in [0.05, 0.1) is 19.8 Å². The molecule has 5 nitrogen and oxygen atoms in total. The summed E-state index contributed by atoms with van der Waals surface area (Å²) in [5, 5.41) is 7.04. The smallest absolute Gasteiger partial charge is 0.191 e. The predicted octanol–water partition coefficient (Wildman–Crippen LogP) is 3.10. The first kappa shape index (κ1) is 18.1. The van der Waals surface area contributed by atoms with Crippen molar-refractivity contribution in [3.63, 3.8) is 0 Å². The van der Waals surface area contributed by atoms with Crippen LogP contribution in [0.3, 0.4) is 0 Å². The van der Waals surface area contributed by atoms with Gasteiger partial charge in [0.25, 0.3) is 0 Å². The Morgan fingerprint density at radius 2 is 2.08 bits per heavy atom. The minimum absolute atomic E-state index is 0.330. The zero-order valence-corrected chi connectivity index (χ0v) is 15.7. The summed E-state index contributed by atoms with van der Waals surface area (Å²) in [5.74, 6) is 1.78. The monoisotopic (exact) mass is 345 g/mol. The lowest BCUT2D eigenvalue weighted by atomic mass is 9.51. The fourth-order valence-electron chi connectivity index (χ4n) is 4.12. The fraction of sp³-hybridized carbons (Fsp3) is 0.650. The Bertz CT molecular complexity index is 598. The first-order valence-corrected chi connectivity index (χ1v) is 9.51. The molecule has 0 aliphatic heterocycles. The third kappa shape index (κ3) is 3.61. The Balaban J connectivity index is 1.65. The number of methoxy groups -OCH3 is 1. The minimum atomic E-state index is 0.330. The van der Waals surface area contributed by atoms with Gasteiger partial charge in [0.2, 0.25) is 0 Å². The van der Waals surface area contributed by atoms with Gasteiger partial charge in [-0.25, -0.2) is 4.99 Å². The quantitative estimate of drug-likeness (QED) is 0.589. The summed E-state index contributed by atoms with van der Waals surface area (Å²) < 4.78 is 11.4. The van der Waals surface area contributed by atoms with Crippen LogP contribution in [0, 0.1) is 5.41 Å². The van der Waals surface area contributed by atoms with Crippen LogP contribution < -0.4 is 15.4 Å². The van der Waals surface area contributed by atoms with Gasteiger partial charge in [0, 0.05) is 30.2 Å². The van der Waals surface area contributed by atoms with E-state index in [0.29, 0.717) is 24.1 Å². The summed E-state index contributed by atoms with van der Waals surface area (Å²) in [5.41, 5.74) is 1.43. The molecule has 3 rings (SSSR count). The van der Waals surface area contributed by atoms with Crippen LogP contribution in [0.5, 0.6) is 5.75 Å². The average molecular weight is 345 g/mol. The van der Waals surface area contributed by atoms with E-state index >= 15 is 0 Å². The lowest BCUT2D eigenvalue weighted by molar-refractivity contribution is -0.168. The molecule has 0 radical (unpaired) electrons. The molecule has 25 heavy (non-hydrogen) atoms. The summed E-state index contributed by atoms with van der Waals surface area (Å²) in [6.45, 7) is 6.45. The lowest BCUT2D eigenvalue weighted by Crippen LogP contribution is -2.68. The molecule has 0 aromatic heterocycles. The highest BCUT2D eigenvalue weighted by Gasteiger charge is 2.59. The third-order valence-corrected chi connectivity index (χ3v) is 5.69. The molecule has 1 aromatic rings. The standard InChI is InChI=1S/C20H31N3O2/c1-4-21-19(22-14-15-9-6-7-10-16(15)24-3)23-17-13-18(25-5-2)20(17)11-8-12-20/h6-7,9-10,17-18H,4-5,8,11-14H2,1-3H3,(H2,21,22,23). The third-order valence-electron chi connectivity index (χ3n) is 5.69. The van der Waals surface area contributed by atoms with Crippen molar-refractivity contribution >= 4 is 5.96 Å². The predicted molar refractivity (Wildman–Crippen MR) is 101 cm³/mol. The Kier molecular flexibility index (Phi) is 5.84. The summed E-state index contributed by atoms with van der Waals surface area (Å²) in [6.07, 6.45) is 5.34. The van der Waals surface area contributed by atoms with E-state index in [-0.39, 0.29) is 0 Å². The Morgan fingerprint density at radius 3 is 2.72 bits per heavy atom. The SMILES string of the molecule is CCNC(=NCc1ccccc1OC)NC1CC(OCC)C12CCC2. The van der Waals surface area contributed by atoms with Crippen LogP contribution in [-0.2, 0) is 11.3 Å². The summed E-state index contributed by atoms with van der Waals surface area (Å²) in [4.78, 5) is 4.78. The molecule has 2 atom stereocenters. The second-order valence-electron chi connectivity index (χ2n) is 6.97. The van der Waals surface area contributed by atoms with Gasteiger partial charge in [-0.2, -0.15) is 0 Å². The summed E-state index contributed by atoms with van der Waals surface area (Å²) in [6, 6.07) is 8.52. The molecule has 2 fully saturated rings. The zero-order chi connectivity index (χ0) is 17.7. The van der Waals surface area contributed by atoms with Crippen molar-refractivity contribution in [2.75, 3.05) is 20.3 Å². The van der Waals surface area contributed by atoms with Gasteiger partial charge in [0.15, 0.2) is 5.96 Å². The van der Waals surface area contributed by atoms with Crippen LogP contribution in [0.1, 0.15) is 45.1 Å². The second-order valence-corrected chi connectivity index (χ2v) is 6.97. The number of guanidine groups is 1. The van der Waals surface area contributed by atoms with E-state index in [9.17, 15) is 0 Å². The van der Waals surface area contributed by atoms with Gasteiger partial charge in [-0.05, 0) is 39.2 Å². The number of aliphatic imine (C=N–C) groups is 1. The van der Waals surface area contributed by atoms with Crippen LogP contribution in [0.25, 0.3) is 0 Å². The van der Waals surface area contributed by atoms with Crippen LogP contribution >= 0.6 is 0 Å². The average Bonchev–Trinajstić information content (AvgIpc) is 2.57. The Hall–Kier alpha value is -1.75. The molecule has 2 unspecified atom stereocenters. The maximum atomic E-state index is 5.95. The number of benzene rings is 1. The summed E-state index contributed by atoms with van der Waals surface area (Å²) >= 11 is 0. The van der Waals surface area contributed by atoms with Crippen molar-refractivity contribution in [2.45, 2.75) is 58.2 Å². The Morgan fingerprint density at radius 1 is 1.28 bits per heavy atom. The lowest BCUT2D eigenvalue weighted by Gasteiger charge is -2.61. The van der Waals surface area contributed by atoms with Crippen LogP contribution in [0.15, 0.2) is 29.3 Å². The van der Waals surface area contributed by atoms with E-state index in [1.807, 2.05) is 18.2 Å². The molecule has 1 spiro atoms. The number of para-hydroxylation sites is 1. The number of rotatable bonds is 7. The molecule has 5 heteroatoms. The highest BCUT2D eigenvalue weighted by Crippen LogP contribution is 2.57. The molecule has 2 N–H and O–H groups in total. The molecule has 0 amide bonds. The van der Waals surface area contributed by atoms with E-state index in [1.165, 1.54) is 19.3 Å². The summed E-state index contributed by atoms with van der Waals surface area (Å²) in [7, 11) is 1.70. The van der Waals surface area contributed by atoms with E-state index in [1.54, 1.807) is 7.11 Å². The molecule has 2 aliphatic rings. The normalized spacial score (nSPS) is 24.4. The number of hydrogen-bond donors (Lipinski definition) is 2. The van der Waals surface area contributed by atoms with Gasteiger partial charge in [-0.1, -0.05) is 24.6 Å². The maximum Gasteiger partial charge on any atom is 0.191 e. The van der Waals surface area contributed by atoms with Gasteiger partial charge in [0.1, 0.15) is 5.75 Å². The number of nitrogens with one attached hydrogen (secondary N) is 2. The topological polar surface area (TPSA) is 54.9 Å². The number of nitrogens with zero attached hydrogens (tertiary/aromatic N) is 1. The second kappa shape index (κ2) is 8.09. The fourth-order valence-corrected chi connectivity index (χ4v) is 4.12. The molecule has 0 saturated heterocycles. The number of ether oxygens (including phenoxy) is 2. The molecule has 2 aliphatic carbocycles. The highest BCUT2D eigenvalue weighted by molar-refractivity contribution is 5.80. The van der Waals surface area contributed by atoms with Crippen molar-refractivity contribution in [3.05, 3.63) is 29.8 Å². The van der Waals surface area contributed by atoms with Crippen molar-refractivity contribution in [1.82, 2.24) is 10.6 Å². The molecule has 138 valence electrons. The van der Waals surface area contributed by atoms with E-state index < -0.39 is 0 Å². The van der Waals surface area contributed by atoms with Crippen molar-refractivity contribution < 1.29 is 9.47 Å². The van der Waals surface area contributed by atoms with Crippen molar-refractivity contribution in [2.24, 2.45) is 10.4 Å². The van der Waals surface area contributed by atoms with Crippen molar-refractivity contribution in [3.8, 4) is 5.75 Å². The molecule has 0 heterocycles. The largest absolute Gasteiger partial charge is 0.496 e. The molecule has 1 aromatic carbocycles. The van der Waals surface area contributed by atoms with E-state index in [0.717, 1.165) is 36.8 Å². The maximum absolute atomic E-state index is 5.95. The van der Waals surface area contributed by atoms with Gasteiger partial charge in [-0.3, -0.25) is 0 Å². The zero-order valence-electron chi connectivity index (χ0n) is 15.7.